The van der Waals surface area contributed by atoms with Crippen LogP contribution in [-0.4, -0.2) is 32.8 Å². The van der Waals surface area contributed by atoms with Gasteiger partial charge in [0.25, 0.3) is 0 Å². The first-order chi connectivity index (χ1) is 13.2. The Bertz CT molecular complexity index is 685. The Balaban J connectivity index is 1.56. The molecule has 0 saturated heterocycles. The van der Waals surface area contributed by atoms with Gasteiger partial charge in [-0.1, -0.05) is 24.3 Å². The molecule has 2 rings (SSSR count). The van der Waals surface area contributed by atoms with E-state index in [-0.39, 0.29) is 5.91 Å². The second kappa shape index (κ2) is 12.0. The van der Waals surface area contributed by atoms with E-state index in [1.54, 1.807) is 7.11 Å². The number of aryl methyl sites for hydroxylation is 1. The largest absolute Gasteiger partial charge is 0.494 e. The molecule has 0 aliphatic carbocycles. The Labute approximate surface area is 161 Å². The van der Waals surface area contributed by atoms with Gasteiger partial charge in [0.2, 0.25) is 5.91 Å². The average molecular weight is 371 g/mol. The molecule has 5 heteroatoms. The summed E-state index contributed by atoms with van der Waals surface area (Å²) in [6.07, 6.45) is 2.17. The van der Waals surface area contributed by atoms with E-state index in [1.165, 1.54) is 5.56 Å². The highest BCUT2D eigenvalue weighted by molar-refractivity contribution is 5.75. The maximum absolute atomic E-state index is 11.9. The molecule has 0 unspecified atom stereocenters. The Morgan fingerprint density at radius 2 is 1.70 bits per heavy atom. The Morgan fingerprint density at radius 1 is 0.926 bits per heavy atom. The molecule has 0 bridgehead atoms. The molecule has 2 aromatic rings. The number of benzene rings is 2. The lowest BCUT2D eigenvalue weighted by Gasteiger charge is -2.09. The number of unbranched alkanes of at least 4 members (excludes halogenated alkanes) is 1. The average Bonchev–Trinajstić information content (AvgIpc) is 2.67. The number of rotatable bonds is 12. The lowest BCUT2D eigenvalue weighted by Crippen LogP contribution is -2.22. The van der Waals surface area contributed by atoms with Crippen molar-refractivity contribution in [2.24, 2.45) is 0 Å². The van der Waals surface area contributed by atoms with Gasteiger partial charge in [-0.05, 0) is 55.2 Å². The summed E-state index contributed by atoms with van der Waals surface area (Å²) in [5.74, 6) is 1.75. The van der Waals surface area contributed by atoms with Crippen LogP contribution < -0.4 is 14.8 Å². The first-order valence-electron chi connectivity index (χ1n) is 9.34. The SMILES string of the molecule is COCCOc1ccc(CNC(=O)CCCCOc2cccc(C)c2)cc1. The van der Waals surface area contributed by atoms with Gasteiger partial charge in [-0.15, -0.1) is 0 Å². The molecule has 1 amide bonds. The van der Waals surface area contributed by atoms with Crippen molar-refractivity contribution in [1.82, 2.24) is 5.32 Å². The van der Waals surface area contributed by atoms with Crippen molar-refractivity contribution in [2.45, 2.75) is 32.7 Å². The Kier molecular flexibility index (Phi) is 9.21. The van der Waals surface area contributed by atoms with Crippen LogP contribution in [0.25, 0.3) is 0 Å². The number of ether oxygens (including phenoxy) is 3. The number of hydrogen-bond acceptors (Lipinski definition) is 4. The minimum atomic E-state index is 0.0611. The number of nitrogens with one attached hydrogen (secondary N) is 1. The molecular formula is C22H29NO4. The van der Waals surface area contributed by atoms with E-state index in [0.29, 0.717) is 32.8 Å². The van der Waals surface area contributed by atoms with Crippen molar-refractivity contribution in [2.75, 3.05) is 26.9 Å². The topological polar surface area (TPSA) is 56.8 Å². The molecule has 5 nitrogen and oxygen atoms in total. The van der Waals surface area contributed by atoms with Gasteiger partial charge >= 0.3 is 0 Å². The van der Waals surface area contributed by atoms with Crippen molar-refractivity contribution in [3.05, 3.63) is 59.7 Å². The second-order valence-corrected chi connectivity index (χ2v) is 6.38. The molecule has 0 spiro atoms. The summed E-state index contributed by atoms with van der Waals surface area (Å²) >= 11 is 0. The van der Waals surface area contributed by atoms with Crippen molar-refractivity contribution in [3.8, 4) is 11.5 Å². The smallest absolute Gasteiger partial charge is 0.220 e. The minimum Gasteiger partial charge on any atom is -0.494 e. The summed E-state index contributed by atoms with van der Waals surface area (Å²) in [5, 5.41) is 2.95. The van der Waals surface area contributed by atoms with Gasteiger partial charge in [-0.2, -0.15) is 0 Å². The van der Waals surface area contributed by atoms with Crippen LogP contribution >= 0.6 is 0 Å². The summed E-state index contributed by atoms with van der Waals surface area (Å²) in [5.41, 5.74) is 2.23. The zero-order valence-corrected chi connectivity index (χ0v) is 16.2. The maximum Gasteiger partial charge on any atom is 0.220 e. The first kappa shape index (κ1) is 20.8. The van der Waals surface area contributed by atoms with E-state index in [0.717, 1.165) is 29.9 Å². The van der Waals surface area contributed by atoms with Crippen LogP contribution in [0.15, 0.2) is 48.5 Å². The number of hydrogen-bond donors (Lipinski definition) is 1. The van der Waals surface area contributed by atoms with Gasteiger partial charge < -0.3 is 19.5 Å². The molecular weight excluding hydrogens is 342 g/mol. The third-order valence-electron chi connectivity index (χ3n) is 4.03. The molecule has 0 fully saturated rings. The fourth-order valence-electron chi connectivity index (χ4n) is 2.52. The molecule has 2 aromatic carbocycles. The summed E-state index contributed by atoms with van der Waals surface area (Å²) < 4.78 is 16.2. The van der Waals surface area contributed by atoms with Crippen molar-refractivity contribution in [1.29, 1.82) is 0 Å². The van der Waals surface area contributed by atoms with E-state index in [4.69, 9.17) is 14.2 Å². The third kappa shape index (κ3) is 8.60. The fraction of sp³-hybridized carbons (Fsp3) is 0.409. The van der Waals surface area contributed by atoms with E-state index in [2.05, 4.69) is 5.32 Å². The highest BCUT2D eigenvalue weighted by Crippen LogP contribution is 2.13. The second-order valence-electron chi connectivity index (χ2n) is 6.38. The van der Waals surface area contributed by atoms with Crippen molar-refractivity contribution < 1.29 is 19.0 Å². The summed E-state index contributed by atoms with van der Waals surface area (Å²) in [4.78, 5) is 11.9. The molecule has 0 saturated carbocycles. The van der Waals surface area contributed by atoms with Crippen LogP contribution in [0, 0.1) is 6.92 Å². The van der Waals surface area contributed by atoms with Crippen molar-refractivity contribution in [3.63, 3.8) is 0 Å². The Morgan fingerprint density at radius 3 is 2.44 bits per heavy atom. The lowest BCUT2D eigenvalue weighted by molar-refractivity contribution is -0.121. The van der Waals surface area contributed by atoms with Gasteiger partial charge in [-0.3, -0.25) is 4.79 Å². The number of methoxy groups -OCH3 is 1. The molecule has 0 aromatic heterocycles. The zero-order chi connectivity index (χ0) is 19.3. The highest BCUT2D eigenvalue weighted by atomic mass is 16.5. The van der Waals surface area contributed by atoms with Crippen LogP contribution in [0.5, 0.6) is 11.5 Å². The third-order valence-corrected chi connectivity index (χ3v) is 4.03. The maximum atomic E-state index is 11.9. The fourth-order valence-corrected chi connectivity index (χ4v) is 2.52. The molecule has 27 heavy (non-hydrogen) atoms. The van der Waals surface area contributed by atoms with Crippen LogP contribution in [0.1, 0.15) is 30.4 Å². The van der Waals surface area contributed by atoms with E-state index < -0.39 is 0 Å². The van der Waals surface area contributed by atoms with Crippen LogP contribution in [0.2, 0.25) is 0 Å². The van der Waals surface area contributed by atoms with Crippen LogP contribution in [0.3, 0.4) is 0 Å². The molecule has 0 aliphatic heterocycles. The van der Waals surface area contributed by atoms with Gasteiger partial charge in [0.05, 0.1) is 13.2 Å². The molecule has 0 radical (unpaired) electrons. The van der Waals surface area contributed by atoms with Gasteiger partial charge in [0.1, 0.15) is 18.1 Å². The Hall–Kier alpha value is -2.53. The van der Waals surface area contributed by atoms with E-state index in [1.807, 2.05) is 55.5 Å². The number of amides is 1. The summed E-state index contributed by atoms with van der Waals surface area (Å²) in [6.45, 7) is 4.28. The molecule has 0 heterocycles. The summed E-state index contributed by atoms with van der Waals surface area (Å²) in [7, 11) is 1.65. The number of carbonyl (C=O) groups is 1. The molecule has 146 valence electrons. The van der Waals surface area contributed by atoms with E-state index >= 15 is 0 Å². The quantitative estimate of drug-likeness (QED) is 0.575. The molecule has 0 aliphatic rings. The van der Waals surface area contributed by atoms with Crippen LogP contribution in [0.4, 0.5) is 0 Å². The normalized spacial score (nSPS) is 10.4. The minimum absolute atomic E-state index is 0.0611. The van der Waals surface area contributed by atoms with Gasteiger partial charge in [-0.25, -0.2) is 0 Å². The zero-order valence-electron chi connectivity index (χ0n) is 16.2. The van der Waals surface area contributed by atoms with Crippen LogP contribution in [-0.2, 0) is 16.1 Å². The predicted octanol–water partition coefficient (Wildman–Crippen LogP) is 3.89. The first-order valence-corrected chi connectivity index (χ1v) is 9.34. The molecule has 1 N–H and O–H groups in total. The monoisotopic (exact) mass is 371 g/mol. The van der Waals surface area contributed by atoms with Gasteiger partial charge in [0.15, 0.2) is 0 Å². The number of carbonyl (C=O) groups excluding carboxylic acids is 1. The summed E-state index contributed by atoms with van der Waals surface area (Å²) in [6, 6.07) is 15.7. The van der Waals surface area contributed by atoms with Gasteiger partial charge in [0, 0.05) is 20.1 Å². The highest BCUT2D eigenvalue weighted by Gasteiger charge is 2.02. The predicted molar refractivity (Wildman–Crippen MR) is 106 cm³/mol. The standard InChI is InChI=1S/C22H29NO4/c1-18-6-5-7-21(16-18)26-13-4-3-8-22(24)23-17-19-9-11-20(12-10-19)27-15-14-25-2/h5-7,9-12,16H,3-4,8,13-15,17H2,1-2H3,(H,23,24). The van der Waals surface area contributed by atoms with E-state index in [9.17, 15) is 4.79 Å². The lowest BCUT2D eigenvalue weighted by atomic mass is 10.2. The molecule has 0 atom stereocenters. The van der Waals surface area contributed by atoms with Crippen molar-refractivity contribution >= 4 is 5.91 Å².